The number of nitrogens with zero attached hydrogens (tertiary/aromatic N) is 2. The van der Waals surface area contributed by atoms with Gasteiger partial charge in [0.05, 0.1) is 6.04 Å². The smallest absolute Gasteiger partial charge is 0.346 e. The number of rotatable bonds is 17. The molecule has 1 aromatic heterocycles. The zero-order chi connectivity index (χ0) is 33.2. The Hall–Kier alpha value is -3.01. The minimum Gasteiger partial charge on any atom is -0.477 e. The molecule has 4 nitrogen and oxygen atoms in total. The second-order valence-corrected chi connectivity index (χ2v) is 15.6. The van der Waals surface area contributed by atoms with Crippen LogP contribution in [0.3, 0.4) is 0 Å². The first-order valence-electron chi connectivity index (χ1n) is 18.1. The van der Waals surface area contributed by atoms with Gasteiger partial charge in [-0.05, 0) is 80.7 Å². The lowest BCUT2D eigenvalue weighted by molar-refractivity contribution is -0.132. The van der Waals surface area contributed by atoms with E-state index in [1.807, 2.05) is 17.4 Å². The van der Waals surface area contributed by atoms with Crippen LogP contribution in [0.5, 0.6) is 0 Å². The zero-order valence-electron chi connectivity index (χ0n) is 28.7. The molecule has 2 aromatic rings. The number of hydrogen-bond acceptors (Lipinski definition) is 5. The summed E-state index contributed by atoms with van der Waals surface area (Å²) < 4.78 is 0. The lowest BCUT2D eigenvalue weighted by atomic mass is 9.81. The number of benzene rings is 1. The van der Waals surface area contributed by atoms with Gasteiger partial charge in [0.15, 0.2) is 0 Å². The van der Waals surface area contributed by atoms with Crippen molar-refractivity contribution in [1.29, 1.82) is 5.26 Å². The summed E-state index contributed by atoms with van der Waals surface area (Å²) >= 11 is 3.73. The molecule has 1 aliphatic carbocycles. The van der Waals surface area contributed by atoms with Gasteiger partial charge < -0.3 is 10.0 Å². The molecule has 2 unspecified atom stereocenters. The number of anilines is 1. The molecule has 0 spiro atoms. The molecule has 2 atom stereocenters. The molecule has 47 heavy (non-hydrogen) atoms. The van der Waals surface area contributed by atoms with Crippen LogP contribution >= 0.6 is 23.1 Å². The van der Waals surface area contributed by atoms with E-state index >= 15 is 0 Å². The Morgan fingerprint density at radius 3 is 2.49 bits per heavy atom. The summed E-state index contributed by atoms with van der Waals surface area (Å²) in [6.07, 6.45) is 23.8. The fourth-order valence-electron chi connectivity index (χ4n) is 7.36. The molecular formula is C41H52N2O2S2. The number of para-hydroxylation sites is 1. The molecule has 3 aliphatic rings. The van der Waals surface area contributed by atoms with Gasteiger partial charge in [-0.3, -0.25) is 0 Å². The summed E-state index contributed by atoms with van der Waals surface area (Å²) in [5, 5.41) is 19.1. The lowest BCUT2D eigenvalue weighted by Crippen LogP contribution is -2.41. The van der Waals surface area contributed by atoms with Crippen LogP contribution in [0, 0.1) is 11.3 Å². The van der Waals surface area contributed by atoms with E-state index in [0.717, 1.165) is 45.1 Å². The lowest BCUT2D eigenvalue weighted by Gasteiger charge is -2.42. The van der Waals surface area contributed by atoms with Gasteiger partial charge in [0.2, 0.25) is 0 Å². The number of fused-ring (bicyclic) bond motifs is 2. The van der Waals surface area contributed by atoms with Crippen molar-refractivity contribution in [2.24, 2.45) is 0 Å². The average Bonchev–Trinajstić information content (AvgIpc) is 3.69. The first kappa shape index (κ1) is 35.3. The Morgan fingerprint density at radius 2 is 1.77 bits per heavy atom. The van der Waals surface area contributed by atoms with Crippen molar-refractivity contribution >= 4 is 45.2 Å². The van der Waals surface area contributed by atoms with Crippen LogP contribution in [0.4, 0.5) is 5.69 Å². The normalized spacial score (nSPS) is 19.3. The van der Waals surface area contributed by atoms with Crippen LogP contribution in [0.2, 0.25) is 0 Å². The number of aliphatic carboxylic acids is 1. The van der Waals surface area contributed by atoms with Gasteiger partial charge in [-0.1, -0.05) is 102 Å². The highest BCUT2D eigenvalue weighted by Crippen LogP contribution is 2.52. The number of carboxylic acids is 1. The molecule has 5 rings (SSSR count). The van der Waals surface area contributed by atoms with Crippen LogP contribution in [-0.2, 0) is 11.2 Å². The van der Waals surface area contributed by atoms with Gasteiger partial charge in [0.25, 0.3) is 0 Å². The van der Waals surface area contributed by atoms with Gasteiger partial charge in [-0.25, -0.2) is 4.79 Å². The molecule has 0 fully saturated rings. The number of thioether (sulfide) groups is 1. The Morgan fingerprint density at radius 1 is 1.02 bits per heavy atom. The molecule has 250 valence electrons. The number of carbonyl (C=O) groups is 1. The highest BCUT2D eigenvalue weighted by Gasteiger charge is 2.35. The fraction of sp³-hybridized carbons (Fsp3) is 0.512. The van der Waals surface area contributed by atoms with E-state index in [9.17, 15) is 15.2 Å². The molecular weight excluding hydrogens is 617 g/mol. The van der Waals surface area contributed by atoms with Crippen molar-refractivity contribution in [3.63, 3.8) is 0 Å². The molecule has 2 aliphatic heterocycles. The highest BCUT2D eigenvalue weighted by atomic mass is 32.2. The molecule has 0 saturated carbocycles. The van der Waals surface area contributed by atoms with Crippen molar-refractivity contribution in [1.82, 2.24) is 0 Å². The Kier molecular flexibility index (Phi) is 13.1. The summed E-state index contributed by atoms with van der Waals surface area (Å²) in [7, 11) is 0. The van der Waals surface area contributed by atoms with E-state index in [2.05, 4.69) is 68.2 Å². The molecule has 6 heteroatoms. The third kappa shape index (κ3) is 8.35. The molecule has 0 amide bonds. The van der Waals surface area contributed by atoms with Crippen molar-refractivity contribution in [3.8, 4) is 6.07 Å². The number of hydrogen-bond donors (Lipinski definition) is 1. The predicted octanol–water partition coefficient (Wildman–Crippen LogP) is 11.7. The van der Waals surface area contributed by atoms with Gasteiger partial charge >= 0.3 is 5.97 Å². The van der Waals surface area contributed by atoms with Gasteiger partial charge in [0.1, 0.15) is 11.6 Å². The average molecular weight is 669 g/mol. The maximum atomic E-state index is 11.7. The second kappa shape index (κ2) is 17.4. The minimum atomic E-state index is -1.13. The SMILES string of the molecule is CCCCCCC1=C(c2cc(CCCCCC)c(C3=C4C=CCCC4N(CCCC)c4ccccc43)s2)SC(/C=C(/C#N)C(=O)O)C1. The molecule has 3 heterocycles. The number of carboxylic acid groups (broad SMARTS) is 1. The summed E-state index contributed by atoms with van der Waals surface area (Å²) in [6.45, 7) is 7.89. The van der Waals surface area contributed by atoms with Crippen LogP contribution in [0.15, 0.2) is 65.3 Å². The van der Waals surface area contributed by atoms with E-state index in [1.165, 1.54) is 106 Å². The van der Waals surface area contributed by atoms with E-state index in [4.69, 9.17) is 0 Å². The summed E-state index contributed by atoms with van der Waals surface area (Å²) in [6, 6.07) is 13.9. The first-order chi connectivity index (χ1) is 23.0. The third-order valence-electron chi connectivity index (χ3n) is 9.80. The van der Waals surface area contributed by atoms with E-state index < -0.39 is 5.97 Å². The number of aryl methyl sites for hydroxylation is 1. The van der Waals surface area contributed by atoms with Gasteiger partial charge in [-0.2, -0.15) is 5.26 Å². The summed E-state index contributed by atoms with van der Waals surface area (Å²) in [5.74, 6) is -1.13. The van der Waals surface area contributed by atoms with Crippen LogP contribution < -0.4 is 4.90 Å². The third-order valence-corrected chi connectivity index (χ3v) is 12.5. The molecule has 1 aromatic carbocycles. The van der Waals surface area contributed by atoms with Crippen LogP contribution in [0.25, 0.3) is 10.5 Å². The maximum absolute atomic E-state index is 11.7. The number of unbranched alkanes of at least 4 members (excludes halogenated alkanes) is 7. The van der Waals surface area contributed by atoms with E-state index in [1.54, 1.807) is 17.8 Å². The predicted molar refractivity (Wildman–Crippen MR) is 202 cm³/mol. The van der Waals surface area contributed by atoms with Gasteiger partial charge in [0, 0.05) is 43.3 Å². The van der Waals surface area contributed by atoms with Crippen molar-refractivity contribution < 1.29 is 9.90 Å². The Bertz CT molecular complexity index is 1570. The summed E-state index contributed by atoms with van der Waals surface area (Å²) in [4.78, 5) is 18.5. The van der Waals surface area contributed by atoms with Crippen molar-refractivity contribution in [2.75, 3.05) is 11.4 Å². The van der Waals surface area contributed by atoms with Crippen LogP contribution in [-0.4, -0.2) is 28.9 Å². The highest BCUT2D eigenvalue weighted by molar-refractivity contribution is 8.09. The zero-order valence-corrected chi connectivity index (χ0v) is 30.3. The first-order valence-corrected chi connectivity index (χ1v) is 19.8. The Balaban J connectivity index is 1.61. The van der Waals surface area contributed by atoms with Gasteiger partial charge in [-0.15, -0.1) is 23.1 Å². The van der Waals surface area contributed by atoms with Crippen molar-refractivity contribution in [2.45, 2.75) is 128 Å². The molecule has 0 bridgehead atoms. The second-order valence-electron chi connectivity index (χ2n) is 13.3. The topological polar surface area (TPSA) is 64.3 Å². The Labute approximate surface area is 291 Å². The fourth-order valence-corrected chi connectivity index (χ4v) is 10.2. The minimum absolute atomic E-state index is 0.0225. The molecule has 1 N–H and O–H groups in total. The van der Waals surface area contributed by atoms with Crippen molar-refractivity contribution in [3.05, 3.63) is 86.2 Å². The number of nitriles is 1. The maximum Gasteiger partial charge on any atom is 0.346 e. The number of thiophene rings is 1. The monoisotopic (exact) mass is 668 g/mol. The quantitative estimate of drug-likeness (QED) is 0.103. The van der Waals surface area contributed by atoms with E-state index in [0.29, 0.717) is 6.04 Å². The standard InChI is InChI=1S/C41H52N2O2S2/c1-4-7-10-12-18-29-25-32(26-31(28-42)41(44)45)46-39(29)37-27-30(19-13-11-8-5-2)40(47-37)38-33-20-14-16-22-35(33)43(24-9-6-3)36-23-17-15-21-34(36)38/h14-16,20-22,26-27,32,36H,4-13,17-19,23-25H2,1-3H3,(H,44,45)/b31-26-. The summed E-state index contributed by atoms with van der Waals surface area (Å²) in [5.41, 5.74) is 8.38. The molecule has 0 radical (unpaired) electrons. The molecule has 0 saturated heterocycles. The van der Waals surface area contributed by atoms with Crippen LogP contribution in [0.1, 0.15) is 132 Å². The van der Waals surface area contributed by atoms with E-state index in [-0.39, 0.29) is 10.8 Å². The number of allylic oxidation sites excluding steroid dienone is 2. The largest absolute Gasteiger partial charge is 0.477 e.